The van der Waals surface area contributed by atoms with Gasteiger partial charge in [-0.25, -0.2) is 0 Å². The number of hydrogen-bond donors (Lipinski definition) is 3. The van der Waals surface area contributed by atoms with E-state index in [1.54, 1.807) is 0 Å². The molecule has 0 rings (SSSR count). The molecule has 0 aliphatic heterocycles. The largest absolute Gasteiger partial charge is 0.389 e. The SMILES string of the molecule is CC[C@H](O)C=C(N)N. The first-order chi connectivity index (χ1) is 3.66. The van der Waals surface area contributed by atoms with Gasteiger partial charge in [-0.15, -0.1) is 0 Å². The normalized spacial score (nSPS) is 12.8. The van der Waals surface area contributed by atoms with Gasteiger partial charge in [-0.3, -0.25) is 0 Å². The molecule has 0 unspecified atom stereocenters. The number of rotatable bonds is 2. The lowest BCUT2D eigenvalue weighted by Gasteiger charge is -1.98. The predicted octanol–water partition coefficient (Wildman–Crippen LogP) is -0.484. The van der Waals surface area contributed by atoms with E-state index in [0.717, 1.165) is 0 Å². The Labute approximate surface area is 49.0 Å². The summed E-state index contributed by atoms with van der Waals surface area (Å²) in [6.45, 7) is 1.85. The van der Waals surface area contributed by atoms with Crippen LogP contribution in [0.3, 0.4) is 0 Å². The van der Waals surface area contributed by atoms with Crippen LogP contribution < -0.4 is 11.5 Å². The van der Waals surface area contributed by atoms with Crippen LogP contribution in [-0.4, -0.2) is 11.2 Å². The van der Waals surface area contributed by atoms with Crippen LogP contribution in [0.5, 0.6) is 0 Å². The predicted molar refractivity (Wildman–Crippen MR) is 32.8 cm³/mol. The second-order valence-electron chi connectivity index (χ2n) is 1.64. The van der Waals surface area contributed by atoms with E-state index >= 15 is 0 Å². The van der Waals surface area contributed by atoms with Gasteiger partial charge in [0.2, 0.25) is 0 Å². The van der Waals surface area contributed by atoms with Gasteiger partial charge < -0.3 is 16.6 Å². The lowest BCUT2D eigenvalue weighted by atomic mass is 10.3. The molecule has 0 spiro atoms. The molecule has 0 bridgehead atoms. The summed E-state index contributed by atoms with van der Waals surface area (Å²) >= 11 is 0. The van der Waals surface area contributed by atoms with Gasteiger partial charge in [-0.05, 0) is 12.5 Å². The summed E-state index contributed by atoms with van der Waals surface area (Å²) in [7, 11) is 0. The highest BCUT2D eigenvalue weighted by Crippen LogP contribution is 1.90. The van der Waals surface area contributed by atoms with E-state index in [-0.39, 0.29) is 5.82 Å². The third-order valence-corrected chi connectivity index (χ3v) is 0.803. The van der Waals surface area contributed by atoms with Crippen LogP contribution in [-0.2, 0) is 0 Å². The quantitative estimate of drug-likeness (QED) is 0.456. The Kier molecular flexibility index (Phi) is 3.03. The zero-order chi connectivity index (χ0) is 6.57. The third-order valence-electron chi connectivity index (χ3n) is 0.803. The van der Waals surface area contributed by atoms with Crippen molar-refractivity contribution in [2.75, 3.05) is 0 Å². The van der Waals surface area contributed by atoms with Crippen molar-refractivity contribution >= 4 is 0 Å². The number of nitrogens with two attached hydrogens (primary N) is 2. The van der Waals surface area contributed by atoms with E-state index < -0.39 is 6.10 Å². The summed E-state index contributed by atoms with van der Waals surface area (Å²) in [6, 6.07) is 0. The van der Waals surface area contributed by atoms with E-state index in [4.69, 9.17) is 16.6 Å². The average molecular weight is 116 g/mol. The highest BCUT2D eigenvalue weighted by Gasteiger charge is 1.92. The first-order valence-corrected chi connectivity index (χ1v) is 2.57. The zero-order valence-electron chi connectivity index (χ0n) is 4.96. The molecule has 0 aromatic carbocycles. The Morgan fingerprint density at radius 3 is 2.38 bits per heavy atom. The van der Waals surface area contributed by atoms with Crippen molar-refractivity contribution in [2.24, 2.45) is 11.5 Å². The molecule has 0 aliphatic rings. The summed E-state index contributed by atoms with van der Waals surface area (Å²) in [6.07, 6.45) is 1.58. The lowest BCUT2D eigenvalue weighted by molar-refractivity contribution is 0.218. The molecular formula is C5H12N2O. The molecule has 0 heterocycles. The maximum absolute atomic E-state index is 8.79. The third kappa shape index (κ3) is 3.49. The molecule has 48 valence electrons. The molecule has 1 atom stereocenters. The van der Waals surface area contributed by atoms with Crippen molar-refractivity contribution in [3.63, 3.8) is 0 Å². The minimum absolute atomic E-state index is 0.180. The summed E-state index contributed by atoms with van der Waals surface area (Å²) < 4.78 is 0. The molecule has 0 aromatic rings. The Bertz CT molecular complexity index is 86.4. The molecule has 0 radical (unpaired) electrons. The number of aliphatic hydroxyl groups excluding tert-OH is 1. The Morgan fingerprint density at radius 1 is 1.75 bits per heavy atom. The second kappa shape index (κ2) is 3.32. The number of hydrogen-bond acceptors (Lipinski definition) is 3. The topological polar surface area (TPSA) is 72.3 Å². The van der Waals surface area contributed by atoms with E-state index in [0.29, 0.717) is 6.42 Å². The van der Waals surface area contributed by atoms with Crippen LogP contribution in [0, 0.1) is 0 Å². The molecule has 0 aliphatic carbocycles. The van der Waals surface area contributed by atoms with Gasteiger partial charge in [0.05, 0.1) is 11.9 Å². The minimum Gasteiger partial charge on any atom is -0.389 e. The Balaban J connectivity index is 3.51. The van der Waals surface area contributed by atoms with Gasteiger partial charge in [0.15, 0.2) is 0 Å². The molecule has 0 saturated carbocycles. The highest BCUT2D eigenvalue weighted by atomic mass is 16.3. The van der Waals surface area contributed by atoms with Crippen LogP contribution in [0.25, 0.3) is 0 Å². The molecule has 3 nitrogen and oxygen atoms in total. The van der Waals surface area contributed by atoms with Gasteiger partial charge in [0, 0.05) is 0 Å². The van der Waals surface area contributed by atoms with Crippen molar-refractivity contribution in [2.45, 2.75) is 19.4 Å². The molecule has 3 heteroatoms. The van der Waals surface area contributed by atoms with Crippen LogP contribution in [0.2, 0.25) is 0 Å². The summed E-state index contributed by atoms with van der Waals surface area (Å²) in [5.41, 5.74) is 10.1. The molecule has 0 amide bonds. The second-order valence-corrected chi connectivity index (χ2v) is 1.64. The van der Waals surface area contributed by atoms with Gasteiger partial charge in [0.1, 0.15) is 0 Å². The molecule has 0 aromatic heterocycles. The van der Waals surface area contributed by atoms with E-state index in [1.807, 2.05) is 6.92 Å². The van der Waals surface area contributed by atoms with E-state index in [9.17, 15) is 0 Å². The minimum atomic E-state index is -0.486. The maximum Gasteiger partial charge on any atom is 0.0918 e. The van der Waals surface area contributed by atoms with Gasteiger partial charge in [-0.2, -0.15) is 0 Å². The molecular weight excluding hydrogens is 104 g/mol. The van der Waals surface area contributed by atoms with E-state index in [1.165, 1.54) is 6.08 Å². The smallest absolute Gasteiger partial charge is 0.0918 e. The van der Waals surface area contributed by atoms with Crippen molar-refractivity contribution in [1.29, 1.82) is 0 Å². The molecule has 0 saturated heterocycles. The van der Waals surface area contributed by atoms with E-state index in [2.05, 4.69) is 0 Å². The van der Waals surface area contributed by atoms with Crippen molar-refractivity contribution in [3.05, 3.63) is 11.9 Å². The van der Waals surface area contributed by atoms with Gasteiger partial charge >= 0.3 is 0 Å². The van der Waals surface area contributed by atoms with Crippen molar-refractivity contribution in [1.82, 2.24) is 0 Å². The van der Waals surface area contributed by atoms with Crippen LogP contribution in [0.4, 0.5) is 0 Å². The number of aliphatic hydroxyl groups is 1. The summed E-state index contributed by atoms with van der Waals surface area (Å²) in [5.74, 6) is 0.180. The first-order valence-electron chi connectivity index (χ1n) is 2.57. The Morgan fingerprint density at radius 2 is 2.25 bits per heavy atom. The fraction of sp³-hybridized carbons (Fsp3) is 0.600. The maximum atomic E-state index is 8.79. The molecule has 5 N–H and O–H groups in total. The zero-order valence-corrected chi connectivity index (χ0v) is 4.96. The molecule has 0 fully saturated rings. The summed E-state index contributed by atoms with van der Waals surface area (Å²) in [5, 5.41) is 8.79. The van der Waals surface area contributed by atoms with Gasteiger partial charge in [0.25, 0.3) is 0 Å². The monoisotopic (exact) mass is 116 g/mol. The fourth-order valence-electron chi connectivity index (χ4n) is 0.340. The lowest BCUT2D eigenvalue weighted by Crippen LogP contribution is -2.12. The fourth-order valence-corrected chi connectivity index (χ4v) is 0.340. The van der Waals surface area contributed by atoms with Crippen LogP contribution >= 0.6 is 0 Å². The molecule has 8 heavy (non-hydrogen) atoms. The van der Waals surface area contributed by atoms with Gasteiger partial charge in [-0.1, -0.05) is 6.92 Å². The van der Waals surface area contributed by atoms with Crippen LogP contribution in [0.15, 0.2) is 11.9 Å². The first kappa shape index (κ1) is 7.30. The highest BCUT2D eigenvalue weighted by molar-refractivity contribution is 4.94. The standard InChI is InChI=1S/C5H12N2O/c1-2-4(8)3-5(6)7/h3-4,8H,2,6-7H2,1H3/t4-/m0/s1. The summed E-state index contributed by atoms with van der Waals surface area (Å²) in [4.78, 5) is 0. The average Bonchev–Trinajstić information content (AvgIpc) is 1.65. The Hall–Kier alpha value is -0.700. The van der Waals surface area contributed by atoms with Crippen molar-refractivity contribution in [3.8, 4) is 0 Å². The van der Waals surface area contributed by atoms with Crippen LogP contribution in [0.1, 0.15) is 13.3 Å². The van der Waals surface area contributed by atoms with Crippen molar-refractivity contribution < 1.29 is 5.11 Å².